The number of nitrogens with zero attached hydrogens (tertiary/aromatic N) is 1. The van der Waals surface area contributed by atoms with Gasteiger partial charge in [0.25, 0.3) is 0 Å². The number of rotatable bonds is 6. The van der Waals surface area contributed by atoms with Crippen molar-refractivity contribution >= 4 is 28.8 Å². The van der Waals surface area contributed by atoms with Gasteiger partial charge in [-0.15, -0.1) is 0 Å². The first-order valence-electron chi connectivity index (χ1n) is 10.2. The van der Waals surface area contributed by atoms with Gasteiger partial charge >= 0.3 is 0 Å². The Kier molecular flexibility index (Phi) is 6.34. The molecule has 7 heteroatoms. The number of thiophene rings is 1. The molecule has 2 aromatic rings. The van der Waals surface area contributed by atoms with Crippen molar-refractivity contribution in [2.75, 3.05) is 31.6 Å². The largest absolute Gasteiger partial charge is 0.486 e. The summed E-state index contributed by atoms with van der Waals surface area (Å²) in [6, 6.07) is 7.48. The zero-order chi connectivity index (χ0) is 20.1. The summed E-state index contributed by atoms with van der Waals surface area (Å²) in [4.78, 5) is 26.7. The molecule has 3 heterocycles. The molecule has 154 valence electrons. The van der Waals surface area contributed by atoms with Crippen LogP contribution in [0.1, 0.15) is 31.2 Å². The van der Waals surface area contributed by atoms with Crippen molar-refractivity contribution < 1.29 is 19.1 Å². The second-order valence-electron chi connectivity index (χ2n) is 7.58. The van der Waals surface area contributed by atoms with Gasteiger partial charge in [-0.25, -0.2) is 0 Å². The minimum atomic E-state index is 0.0117. The third-order valence-electron chi connectivity index (χ3n) is 5.51. The SMILES string of the molecule is O=C(CCC1CCN(C(=O)Cc2ccsc2)CC1)Nc1ccc2c(c1)OCCO2. The predicted octanol–water partition coefficient (Wildman–Crippen LogP) is 3.72. The van der Waals surface area contributed by atoms with Crippen molar-refractivity contribution in [1.29, 1.82) is 0 Å². The molecule has 1 aromatic heterocycles. The second kappa shape index (κ2) is 9.31. The van der Waals surface area contributed by atoms with Gasteiger partial charge in [0.2, 0.25) is 11.8 Å². The van der Waals surface area contributed by atoms with Gasteiger partial charge in [0.05, 0.1) is 6.42 Å². The third-order valence-corrected chi connectivity index (χ3v) is 6.24. The lowest BCUT2D eigenvalue weighted by Gasteiger charge is -2.32. The summed E-state index contributed by atoms with van der Waals surface area (Å²) in [6.07, 6.45) is 3.76. The highest BCUT2D eigenvalue weighted by Crippen LogP contribution is 2.32. The Morgan fingerprint density at radius 3 is 2.66 bits per heavy atom. The lowest BCUT2D eigenvalue weighted by Crippen LogP contribution is -2.39. The molecule has 4 rings (SSSR count). The van der Waals surface area contributed by atoms with Crippen molar-refractivity contribution in [3.05, 3.63) is 40.6 Å². The van der Waals surface area contributed by atoms with Gasteiger partial charge in [0.15, 0.2) is 11.5 Å². The molecule has 0 bridgehead atoms. The van der Waals surface area contributed by atoms with Crippen molar-refractivity contribution in [3.63, 3.8) is 0 Å². The highest BCUT2D eigenvalue weighted by atomic mass is 32.1. The number of amides is 2. The number of carbonyl (C=O) groups excluding carboxylic acids is 2. The Labute approximate surface area is 174 Å². The van der Waals surface area contributed by atoms with Crippen LogP contribution in [0.3, 0.4) is 0 Å². The van der Waals surface area contributed by atoms with Gasteiger partial charge in [-0.3, -0.25) is 9.59 Å². The molecule has 0 aliphatic carbocycles. The fraction of sp³-hybridized carbons (Fsp3) is 0.455. The van der Waals surface area contributed by atoms with E-state index in [4.69, 9.17) is 9.47 Å². The van der Waals surface area contributed by atoms with Gasteiger partial charge in [-0.05, 0) is 59.7 Å². The summed E-state index contributed by atoms with van der Waals surface area (Å²) < 4.78 is 11.1. The predicted molar refractivity (Wildman–Crippen MR) is 113 cm³/mol. The topological polar surface area (TPSA) is 67.9 Å². The van der Waals surface area contributed by atoms with E-state index in [0.29, 0.717) is 37.7 Å². The minimum absolute atomic E-state index is 0.0117. The molecule has 0 saturated carbocycles. The fourth-order valence-electron chi connectivity index (χ4n) is 3.83. The number of carbonyl (C=O) groups is 2. The number of hydrogen-bond acceptors (Lipinski definition) is 5. The summed E-state index contributed by atoms with van der Waals surface area (Å²) in [5, 5.41) is 6.98. The second-order valence-corrected chi connectivity index (χ2v) is 8.36. The van der Waals surface area contributed by atoms with E-state index in [1.807, 2.05) is 39.9 Å². The maximum absolute atomic E-state index is 12.4. The van der Waals surface area contributed by atoms with E-state index in [1.54, 1.807) is 11.3 Å². The van der Waals surface area contributed by atoms with Crippen LogP contribution in [0.15, 0.2) is 35.0 Å². The first kappa shape index (κ1) is 19.8. The fourth-order valence-corrected chi connectivity index (χ4v) is 4.50. The number of nitrogens with one attached hydrogen (secondary N) is 1. The van der Waals surface area contributed by atoms with Crippen molar-refractivity contribution in [2.45, 2.75) is 32.1 Å². The number of benzene rings is 1. The van der Waals surface area contributed by atoms with E-state index in [2.05, 4.69) is 5.32 Å². The van der Waals surface area contributed by atoms with Crippen LogP contribution in [0.5, 0.6) is 11.5 Å². The Morgan fingerprint density at radius 1 is 1.10 bits per heavy atom. The first-order chi connectivity index (χ1) is 14.2. The Hall–Kier alpha value is -2.54. The van der Waals surface area contributed by atoms with E-state index in [1.165, 1.54) is 0 Å². The lowest BCUT2D eigenvalue weighted by atomic mass is 9.92. The van der Waals surface area contributed by atoms with Crippen molar-refractivity contribution in [1.82, 2.24) is 4.90 Å². The molecule has 1 fully saturated rings. The maximum atomic E-state index is 12.4. The minimum Gasteiger partial charge on any atom is -0.486 e. The van der Waals surface area contributed by atoms with Crippen LogP contribution >= 0.6 is 11.3 Å². The number of fused-ring (bicyclic) bond motifs is 1. The molecule has 29 heavy (non-hydrogen) atoms. The molecule has 0 atom stereocenters. The van der Waals surface area contributed by atoms with Crippen LogP contribution in [0.2, 0.25) is 0 Å². The van der Waals surface area contributed by atoms with Crippen LogP contribution < -0.4 is 14.8 Å². The normalized spacial score (nSPS) is 16.5. The summed E-state index contributed by atoms with van der Waals surface area (Å²) in [6.45, 7) is 2.66. The van der Waals surface area contributed by atoms with E-state index in [-0.39, 0.29) is 11.8 Å². The first-order valence-corrected chi connectivity index (χ1v) is 11.1. The highest BCUT2D eigenvalue weighted by molar-refractivity contribution is 7.08. The molecule has 2 aliphatic rings. The van der Waals surface area contributed by atoms with Gasteiger partial charge in [-0.1, -0.05) is 0 Å². The molecular formula is C22H26N2O4S. The summed E-state index contributed by atoms with van der Waals surface area (Å²) in [5.41, 5.74) is 1.83. The number of likely N-dealkylation sites (tertiary alicyclic amines) is 1. The number of ether oxygens (including phenoxy) is 2. The third kappa shape index (κ3) is 5.29. The Bertz CT molecular complexity index is 845. The molecule has 1 N–H and O–H groups in total. The summed E-state index contributed by atoms with van der Waals surface area (Å²) in [7, 11) is 0. The molecule has 1 saturated heterocycles. The molecule has 2 aliphatic heterocycles. The lowest BCUT2D eigenvalue weighted by molar-refractivity contribution is -0.132. The van der Waals surface area contributed by atoms with Crippen molar-refractivity contribution in [3.8, 4) is 11.5 Å². The van der Waals surface area contributed by atoms with Crippen LogP contribution in [0.4, 0.5) is 5.69 Å². The van der Waals surface area contributed by atoms with E-state index < -0.39 is 0 Å². The molecule has 6 nitrogen and oxygen atoms in total. The highest BCUT2D eigenvalue weighted by Gasteiger charge is 2.23. The molecular weight excluding hydrogens is 388 g/mol. The van der Waals surface area contributed by atoms with E-state index >= 15 is 0 Å². The molecule has 0 radical (unpaired) electrons. The molecule has 1 aromatic carbocycles. The van der Waals surface area contributed by atoms with E-state index in [0.717, 1.165) is 49.4 Å². The molecule has 2 amide bonds. The standard InChI is InChI=1S/C22H26N2O4S/c25-21(23-18-2-3-19-20(14-18)28-11-10-27-19)4-1-16-5-8-24(9-6-16)22(26)13-17-7-12-29-15-17/h2-3,7,12,14-16H,1,4-6,8-11,13H2,(H,23,25). The smallest absolute Gasteiger partial charge is 0.227 e. The van der Waals surface area contributed by atoms with Crippen LogP contribution in [0.25, 0.3) is 0 Å². The monoisotopic (exact) mass is 414 g/mol. The van der Waals surface area contributed by atoms with Gasteiger partial charge in [-0.2, -0.15) is 11.3 Å². The molecule has 0 spiro atoms. The summed E-state index contributed by atoms with van der Waals surface area (Å²) >= 11 is 1.62. The van der Waals surface area contributed by atoms with Crippen LogP contribution in [0, 0.1) is 5.92 Å². The zero-order valence-corrected chi connectivity index (χ0v) is 17.2. The Balaban J connectivity index is 1.18. The van der Waals surface area contributed by atoms with Crippen molar-refractivity contribution in [2.24, 2.45) is 5.92 Å². The maximum Gasteiger partial charge on any atom is 0.227 e. The Morgan fingerprint density at radius 2 is 1.90 bits per heavy atom. The zero-order valence-electron chi connectivity index (χ0n) is 16.4. The van der Waals surface area contributed by atoms with E-state index in [9.17, 15) is 9.59 Å². The van der Waals surface area contributed by atoms with Gasteiger partial charge in [0, 0.05) is 31.3 Å². The molecule has 0 unspecified atom stereocenters. The quantitative estimate of drug-likeness (QED) is 0.782. The number of hydrogen-bond donors (Lipinski definition) is 1. The number of anilines is 1. The average Bonchev–Trinajstić information content (AvgIpc) is 3.25. The number of piperidine rings is 1. The summed E-state index contributed by atoms with van der Waals surface area (Å²) in [5.74, 6) is 2.10. The van der Waals surface area contributed by atoms with Crippen LogP contribution in [-0.2, 0) is 16.0 Å². The van der Waals surface area contributed by atoms with Gasteiger partial charge in [0.1, 0.15) is 13.2 Å². The van der Waals surface area contributed by atoms with Gasteiger partial charge < -0.3 is 19.7 Å². The van der Waals surface area contributed by atoms with Crippen LogP contribution in [-0.4, -0.2) is 43.0 Å². The average molecular weight is 415 g/mol.